The molecule has 18 heavy (non-hydrogen) atoms. The van der Waals surface area contributed by atoms with Crippen LogP contribution < -0.4 is 0 Å². The molecule has 4 heteroatoms. The molecule has 1 fully saturated rings. The predicted molar refractivity (Wildman–Crippen MR) is 74.2 cm³/mol. The van der Waals surface area contributed by atoms with E-state index in [1.165, 1.54) is 43.9 Å². The molecule has 2 aliphatic rings. The minimum absolute atomic E-state index is 0.609. The fourth-order valence-electron chi connectivity index (χ4n) is 3.28. The lowest BCUT2D eigenvalue weighted by Gasteiger charge is -2.30. The number of fused-ring (bicyclic) bond motifs is 1. The lowest BCUT2D eigenvalue weighted by molar-refractivity contribution is 0.245. The van der Waals surface area contributed by atoms with Gasteiger partial charge in [0.2, 0.25) is 0 Å². The first-order valence-corrected chi connectivity index (χ1v) is 7.46. The van der Waals surface area contributed by atoms with E-state index in [4.69, 9.17) is 11.6 Å². The van der Waals surface area contributed by atoms with Gasteiger partial charge in [-0.05, 0) is 51.7 Å². The Morgan fingerprint density at radius 3 is 2.67 bits per heavy atom. The Morgan fingerprint density at radius 2 is 1.94 bits per heavy atom. The molecule has 1 aromatic rings. The van der Waals surface area contributed by atoms with Crippen molar-refractivity contribution < 1.29 is 0 Å². The van der Waals surface area contributed by atoms with Crippen molar-refractivity contribution in [2.24, 2.45) is 5.92 Å². The van der Waals surface area contributed by atoms with E-state index in [2.05, 4.69) is 28.4 Å². The second-order valence-corrected chi connectivity index (χ2v) is 6.40. The highest BCUT2D eigenvalue weighted by Crippen LogP contribution is 2.34. The maximum absolute atomic E-state index is 6.32. The number of aromatic nitrogens is 2. The molecule has 0 aliphatic carbocycles. The molecule has 0 amide bonds. The van der Waals surface area contributed by atoms with Crippen LogP contribution in [-0.4, -0.2) is 34.6 Å². The number of piperidine rings is 1. The number of nitrogens with zero attached hydrogens (tertiary/aromatic N) is 3. The molecule has 1 aromatic heterocycles. The van der Waals surface area contributed by atoms with Crippen LogP contribution >= 0.6 is 11.6 Å². The average Bonchev–Trinajstić information content (AvgIpc) is 2.67. The number of hydrogen-bond acceptors (Lipinski definition) is 2. The molecular formula is C14H22ClN3. The molecule has 3 heterocycles. The monoisotopic (exact) mass is 267 g/mol. The first kappa shape index (κ1) is 12.5. The van der Waals surface area contributed by atoms with Gasteiger partial charge < -0.3 is 9.47 Å². The SMILES string of the molecule is CC1CCc2c(Cl)nc(C3CCN(C)CC3)n2C1. The number of halogens is 1. The first-order valence-electron chi connectivity index (χ1n) is 7.08. The van der Waals surface area contributed by atoms with E-state index in [1.807, 2.05) is 0 Å². The zero-order valence-electron chi connectivity index (χ0n) is 11.3. The molecule has 3 rings (SSSR count). The molecular weight excluding hydrogens is 246 g/mol. The Bertz CT molecular complexity index is 432. The van der Waals surface area contributed by atoms with E-state index in [1.54, 1.807) is 0 Å². The van der Waals surface area contributed by atoms with Gasteiger partial charge in [-0.25, -0.2) is 4.98 Å². The maximum atomic E-state index is 6.32. The number of hydrogen-bond donors (Lipinski definition) is 0. The van der Waals surface area contributed by atoms with Crippen LogP contribution in [0.1, 0.15) is 43.6 Å². The zero-order valence-corrected chi connectivity index (χ0v) is 12.1. The van der Waals surface area contributed by atoms with Gasteiger partial charge in [-0.3, -0.25) is 0 Å². The highest BCUT2D eigenvalue weighted by Gasteiger charge is 2.28. The van der Waals surface area contributed by atoms with Crippen LogP contribution in [0.15, 0.2) is 0 Å². The zero-order chi connectivity index (χ0) is 12.7. The summed E-state index contributed by atoms with van der Waals surface area (Å²) in [6.45, 7) is 5.80. The average molecular weight is 268 g/mol. The summed E-state index contributed by atoms with van der Waals surface area (Å²) >= 11 is 6.32. The number of likely N-dealkylation sites (tertiary alicyclic amines) is 1. The minimum atomic E-state index is 0.609. The van der Waals surface area contributed by atoms with Gasteiger partial charge >= 0.3 is 0 Å². The van der Waals surface area contributed by atoms with Gasteiger partial charge in [-0.2, -0.15) is 0 Å². The molecule has 0 N–H and O–H groups in total. The third-order valence-electron chi connectivity index (χ3n) is 4.51. The van der Waals surface area contributed by atoms with Crippen LogP contribution in [0.4, 0.5) is 0 Å². The Kier molecular flexibility index (Phi) is 3.37. The molecule has 100 valence electrons. The van der Waals surface area contributed by atoms with Gasteiger partial charge in [0.05, 0.1) is 5.69 Å². The molecule has 1 atom stereocenters. The smallest absolute Gasteiger partial charge is 0.150 e. The van der Waals surface area contributed by atoms with Crippen molar-refractivity contribution in [2.45, 2.75) is 45.1 Å². The van der Waals surface area contributed by atoms with Crippen LogP contribution in [0.2, 0.25) is 5.15 Å². The highest BCUT2D eigenvalue weighted by molar-refractivity contribution is 6.30. The molecule has 1 saturated heterocycles. The van der Waals surface area contributed by atoms with Crippen molar-refractivity contribution >= 4 is 11.6 Å². The van der Waals surface area contributed by atoms with Crippen molar-refractivity contribution in [1.82, 2.24) is 14.5 Å². The van der Waals surface area contributed by atoms with Crippen LogP contribution in [0.25, 0.3) is 0 Å². The number of rotatable bonds is 1. The molecule has 3 nitrogen and oxygen atoms in total. The first-order chi connectivity index (χ1) is 8.65. The second kappa shape index (κ2) is 4.86. The summed E-state index contributed by atoms with van der Waals surface area (Å²) in [5.41, 5.74) is 1.28. The molecule has 0 saturated carbocycles. The van der Waals surface area contributed by atoms with E-state index >= 15 is 0 Å². The van der Waals surface area contributed by atoms with Crippen molar-refractivity contribution in [3.63, 3.8) is 0 Å². The topological polar surface area (TPSA) is 21.1 Å². The third kappa shape index (κ3) is 2.19. The Balaban J connectivity index is 1.88. The lowest BCUT2D eigenvalue weighted by Crippen LogP contribution is -2.31. The van der Waals surface area contributed by atoms with Gasteiger partial charge in [0, 0.05) is 12.5 Å². The second-order valence-electron chi connectivity index (χ2n) is 6.04. The summed E-state index contributed by atoms with van der Waals surface area (Å²) in [5.74, 6) is 2.63. The van der Waals surface area contributed by atoms with Gasteiger partial charge in [-0.15, -0.1) is 0 Å². The summed E-state index contributed by atoms with van der Waals surface area (Å²) in [4.78, 5) is 7.09. The molecule has 2 aliphatic heterocycles. The van der Waals surface area contributed by atoms with E-state index < -0.39 is 0 Å². The summed E-state index contributed by atoms with van der Waals surface area (Å²) in [7, 11) is 2.20. The van der Waals surface area contributed by atoms with E-state index in [0.717, 1.165) is 24.0 Å². The standard InChI is InChI=1S/C14H22ClN3/c1-10-3-4-12-13(15)16-14(18(12)9-10)11-5-7-17(2)8-6-11/h10-11H,3-9H2,1-2H3. The summed E-state index contributed by atoms with van der Waals surface area (Å²) in [6.07, 6.45) is 4.78. The van der Waals surface area contributed by atoms with Crippen LogP contribution in [0.3, 0.4) is 0 Å². The maximum Gasteiger partial charge on any atom is 0.150 e. The normalized spacial score (nSPS) is 26.3. The summed E-state index contributed by atoms with van der Waals surface area (Å²) in [6, 6.07) is 0. The van der Waals surface area contributed by atoms with Crippen LogP contribution in [0.5, 0.6) is 0 Å². The fourth-order valence-corrected chi connectivity index (χ4v) is 3.56. The Morgan fingerprint density at radius 1 is 1.22 bits per heavy atom. The molecule has 0 radical (unpaired) electrons. The fraction of sp³-hybridized carbons (Fsp3) is 0.786. The predicted octanol–water partition coefficient (Wildman–Crippen LogP) is 2.93. The number of imidazole rings is 1. The lowest BCUT2D eigenvalue weighted by atomic mass is 9.95. The van der Waals surface area contributed by atoms with Crippen molar-refractivity contribution in [3.05, 3.63) is 16.7 Å². The Labute approximate surface area is 114 Å². The summed E-state index contributed by atoms with van der Waals surface area (Å²) < 4.78 is 2.42. The quantitative estimate of drug-likeness (QED) is 0.780. The van der Waals surface area contributed by atoms with Crippen LogP contribution in [-0.2, 0) is 13.0 Å². The van der Waals surface area contributed by atoms with Gasteiger partial charge in [0.25, 0.3) is 0 Å². The third-order valence-corrected chi connectivity index (χ3v) is 4.81. The summed E-state index contributed by atoms with van der Waals surface area (Å²) in [5, 5.41) is 0.760. The van der Waals surface area contributed by atoms with Gasteiger partial charge in [0.15, 0.2) is 5.15 Å². The van der Waals surface area contributed by atoms with Crippen molar-refractivity contribution in [3.8, 4) is 0 Å². The Hall–Kier alpha value is -0.540. The van der Waals surface area contributed by atoms with E-state index in [0.29, 0.717) is 5.92 Å². The molecule has 1 unspecified atom stereocenters. The van der Waals surface area contributed by atoms with Gasteiger partial charge in [0.1, 0.15) is 5.82 Å². The highest BCUT2D eigenvalue weighted by atomic mass is 35.5. The van der Waals surface area contributed by atoms with Crippen LogP contribution in [0, 0.1) is 5.92 Å². The largest absolute Gasteiger partial charge is 0.330 e. The van der Waals surface area contributed by atoms with Gasteiger partial charge in [-0.1, -0.05) is 18.5 Å². The molecule has 0 bridgehead atoms. The molecule has 0 aromatic carbocycles. The van der Waals surface area contributed by atoms with Crippen molar-refractivity contribution in [2.75, 3.05) is 20.1 Å². The van der Waals surface area contributed by atoms with Crippen molar-refractivity contribution in [1.29, 1.82) is 0 Å². The van der Waals surface area contributed by atoms with E-state index in [9.17, 15) is 0 Å². The molecule has 0 spiro atoms. The minimum Gasteiger partial charge on any atom is -0.330 e. The van der Waals surface area contributed by atoms with E-state index in [-0.39, 0.29) is 0 Å².